The van der Waals surface area contributed by atoms with Crippen molar-refractivity contribution in [3.05, 3.63) is 23.8 Å². The van der Waals surface area contributed by atoms with Crippen LogP contribution >= 0.6 is 0 Å². The summed E-state index contributed by atoms with van der Waals surface area (Å²) in [6.45, 7) is 2.70. The Labute approximate surface area is 126 Å². The molecule has 0 bridgehead atoms. The molecule has 0 saturated carbocycles. The number of hydrogen-bond acceptors (Lipinski definition) is 4. The van der Waals surface area contributed by atoms with Crippen molar-refractivity contribution in [2.75, 3.05) is 12.3 Å². The molecule has 0 radical (unpaired) electrons. The topological polar surface area (TPSA) is 67.6 Å². The third-order valence-corrected chi connectivity index (χ3v) is 3.55. The molecular weight excluding hydrogens is 299 g/mol. The predicted molar refractivity (Wildman–Crippen MR) is 75.0 cm³/mol. The first-order valence-electron chi connectivity index (χ1n) is 6.99. The van der Waals surface area contributed by atoms with Gasteiger partial charge in [0.25, 0.3) is 5.91 Å². The van der Waals surface area contributed by atoms with Crippen molar-refractivity contribution in [2.24, 2.45) is 0 Å². The van der Waals surface area contributed by atoms with Crippen molar-refractivity contribution < 1.29 is 22.7 Å². The van der Waals surface area contributed by atoms with E-state index in [2.05, 4.69) is 10.2 Å². The first kappa shape index (κ1) is 16.4. The maximum Gasteiger partial charge on any atom is 0.573 e. The van der Waals surface area contributed by atoms with Gasteiger partial charge in [0.05, 0.1) is 5.69 Å². The summed E-state index contributed by atoms with van der Waals surface area (Å²) in [6, 6.07) is 3.77. The molecule has 8 heteroatoms. The number of anilines is 1. The summed E-state index contributed by atoms with van der Waals surface area (Å²) >= 11 is 0. The van der Waals surface area contributed by atoms with E-state index in [0.29, 0.717) is 6.54 Å². The highest BCUT2D eigenvalue weighted by Crippen LogP contribution is 2.29. The van der Waals surface area contributed by atoms with Crippen LogP contribution in [0.25, 0.3) is 0 Å². The second-order valence-electron chi connectivity index (χ2n) is 5.28. The number of halogens is 3. The molecule has 2 rings (SSSR count). The van der Waals surface area contributed by atoms with Gasteiger partial charge >= 0.3 is 6.36 Å². The molecule has 1 aliphatic rings. The summed E-state index contributed by atoms with van der Waals surface area (Å²) in [5.74, 6) is -1.06. The number of ether oxygens (including phenoxy) is 1. The number of carbonyl (C=O) groups excluding carboxylic acids is 1. The van der Waals surface area contributed by atoms with E-state index in [9.17, 15) is 18.0 Å². The number of benzene rings is 1. The van der Waals surface area contributed by atoms with E-state index in [-0.39, 0.29) is 17.3 Å². The fourth-order valence-electron chi connectivity index (χ4n) is 2.35. The first-order chi connectivity index (χ1) is 10.3. The van der Waals surface area contributed by atoms with Crippen LogP contribution < -0.4 is 15.9 Å². The van der Waals surface area contributed by atoms with Gasteiger partial charge in [-0.2, -0.15) is 0 Å². The number of amides is 1. The number of piperidine rings is 1. The molecule has 1 amide bonds. The monoisotopic (exact) mass is 317 g/mol. The SMILES string of the molecule is CC1CCCCN1NC(=O)c1ccc(N)c(OC(F)(F)F)c1. The number of rotatable bonds is 3. The number of hydrazine groups is 1. The Bertz CT molecular complexity index is 549. The van der Waals surface area contributed by atoms with E-state index < -0.39 is 18.0 Å². The van der Waals surface area contributed by atoms with Crippen molar-refractivity contribution in [2.45, 2.75) is 38.6 Å². The van der Waals surface area contributed by atoms with Gasteiger partial charge in [-0.05, 0) is 38.0 Å². The Morgan fingerprint density at radius 3 is 2.77 bits per heavy atom. The van der Waals surface area contributed by atoms with E-state index in [4.69, 9.17) is 5.73 Å². The highest BCUT2D eigenvalue weighted by molar-refractivity contribution is 5.94. The van der Waals surface area contributed by atoms with Gasteiger partial charge in [-0.25, -0.2) is 5.01 Å². The fraction of sp³-hybridized carbons (Fsp3) is 0.500. The van der Waals surface area contributed by atoms with Crippen LogP contribution in [0.3, 0.4) is 0 Å². The van der Waals surface area contributed by atoms with Gasteiger partial charge in [-0.15, -0.1) is 13.2 Å². The van der Waals surface area contributed by atoms with Gasteiger partial charge in [-0.3, -0.25) is 10.2 Å². The molecule has 1 fully saturated rings. The van der Waals surface area contributed by atoms with Crippen LogP contribution in [0.2, 0.25) is 0 Å². The molecule has 3 N–H and O–H groups in total. The lowest BCUT2D eigenvalue weighted by Gasteiger charge is -2.33. The van der Waals surface area contributed by atoms with Crippen LogP contribution in [0.15, 0.2) is 18.2 Å². The van der Waals surface area contributed by atoms with Crippen molar-refractivity contribution in [3.8, 4) is 5.75 Å². The van der Waals surface area contributed by atoms with Gasteiger partial charge in [0.1, 0.15) is 0 Å². The summed E-state index contributed by atoms with van der Waals surface area (Å²) in [4.78, 5) is 12.2. The second kappa shape index (κ2) is 6.43. The molecule has 1 aromatic carbocycles. The number of nitrogens with two attached hydrogens (primary N) is 1. The Kier molecular flexibility index (Phi) is 4.80. The minimum Gasteiger partial charge on any atom is -0.404 e. The summed E-state index contributed by atoms with van der Waals surface area (Å²) in [7, 11) is 0. The maximum absolute atomic E-state index is 12.3. The van der Waals surface area contributed by atoms with Gasteiger partial charge < -0.3 is 10.5 Å². The van der Waals surface area contributed by atoms with Gasteiger partial charge in [-0.1, -0.05) is 6.42 Å². The highest BCUT2D eigenvalue weighted by atomic mass is 19.4. The largest absolute Gasteiger partial charge is 0.573 e. The zero-order valence-electron chi connectivity index (χ0n) is 12.1. The molecule has 5 nitrogen and oxygen atoms in total. The maximum atomic E-state index is 12.3. The second-order valence-corrected chi connectivity index (χ2v) is 5.28. The molecule has 0 aliphatic carbocycles. The molecule has 1 heterocycles. The Morgan fingerprint density at radius 1 is 1.41 bits per heavy atom. The summed E-state index contributed by atoms with van der Waals surface area (Å²) in [5, 5.41) is 1.80. The number of hydrogen-bond donors (Lipinski definition) is 2. The van der Waals surface area contributed by atoms with E-state index >= 15 is 0 Å². The average Bonchev–Trinajstić information content (AvgIpc) is 2.42. The minimum absolute atomic E-state index is 0.0613. The Morgan fingerprint density at radius 2 is 2.14 bits per heavy atom. The smallest absolute Gasteiger partial charge is 0.404 e. The van der Waals surface area contributed by atoms with Crippen LogP contribution in [0.1, 0.15) is 36.5 Å². The van der Waals surface area contributed by atoms with E-state index in [0.717, 1.165) is 25.3 Å². The molecule has 22 heavy (non-hydrogen) atoms. The van der Waals surface area contributed by atoms with Crippen LogP contribution in [0.4, 0.5) is 18.9 Å². The van der Waals surface area contributed by atoms with Crippen LogP contribution in [0.5, 0.6) is 5.75 Å². The Balaban J connectivity index is 2.11. The lowest BCUT2D eigenvalue weighted by atomic mass is 10.1. The molecule has 1 unspecified atom stereocenters. The molecule has 0 aromatic heterocycles. The lowest BCUT2D eigenvalue weighted by Crippen LogP contribution is -2.49. The number of carbonyl (C=O) groups is 1. The van der Waals surface area contributed by atoms with E-state index in [1.54, 1.807) is 5.01 Å². The molecule has 1 aromatic rings. The van der Waals surface area contributed by atoms with E-state index in [1.807, 2.05) is 6.92 Å². The van der Waals surface area contributed by atoms with Crippen molar-refractivity contribution in [1.82, 2.24) is 10.4 Å². The highest BCUT2D eigenvalue weighted by Gasteiger charge is 2.32. The summed E-state index contributed by atoms with van der Waals surface area (Å²) in [6.07, 6.45) is -1.83. The number of nitrogens with zero attached hydrogens (tertiary/aromatic N) is 1. The third-order valence-electron chi connectivity index (χ3n) is 3.55. The molecule has 1 aliphatic heterocycles. The first-order valence-corrected chi connectivity index (χ1v) is 6.99. The van der Waals surface area contributed by atoms with Crippen LogP contribution in [-0.4, -0.2) is 29.9 Å². The van der Waals surface area contributed by atoms with Crippen molar-refractivity contribution >= 4 is 11.6 Å². The normalized spacial score (nSPS) is 19.7. The van der Waals surface area contributed by atoms with Crippen molar-refractivity contribution in [1.29, 1.82) is 0 Å². The van der Waals surface area contributed by atoms with Gasteiger partial charge in [0.15, 0.2) is 5.75 Å². The number of nitrogen functional groups attached to an aromatic ring is 1. The van der Waals surface area contributed by atoms with E-state index in [1.165, 1.54) is 12.1 Å². The third kappa shape index (κ3) is 4.27. The zero-order valence-corrected chi connectivity index (χ0v) is 12.1. The Hall–Kier alpha value is -1.96. The predicted octanol–water partition coefficient (Wildman–Crippen LogP) is 2.69. The summed E-state index contributed by atoms with van der Waals surface area (Å²) < 4.78 is 40.7. The zero-order chi connectivity index (χ0) is 16.3. The molecular formula is C14H18F3N3O2. The minimum atomic E-state index is -4.86. The quantitative estimate of drug-likeness (QED) is 0.841. The number of alkyl halides is 3. The molecule has 122 valence electrons. The van der Waals surface area contributed by atoms with Gasteiger partial charge in [0, 0.05) is 18.2 Å². The summed E-state index contributed by atoms with van der Waals surface area (Å²) in [5.41, 5.74) is 8.03. The molecule has 1 atom stereocenters. The van der Waals surface area contributed by atoms with Crippen LogP contribution in [0, 0.1) is 0 Å². The molecule has 1 saturated heterocycles. The number of nitrogens with one attached hydrogen (secondary N) is 1. The fourth-order valence-corrected chi connectivity index (χ4v) is 2.35. The van der Waals surface area contributed by atoms with Crippen molar-refractivity contribution in [3.63, 3.8) is 0 Å². The molecule has 0 spiro atoms. The van der Waals surface area contributed by atoms with Gasteiger partial charge in [0.2, 0.25) is 0 Å². The standard InChI is InChI=1S/C14H18F3N3O2/c1-9-4-2-3-7-20(9)19-13(21)10-5-6-11(18)12(8-10)22-14(15,16)17/h5-6,8-9H,2-4,7,18H2,1H3,(H,19,21). The lowest BCUT2D eigenvalue weighted by molar-refractivity contribution is -0.274. The average molecular weight is 317 g/mol. The van der Waals surface area contributed by atoms with Crippen LogP contribution in [-0.2, 0) is 0 Å².